The third-order valence-corrected chi connectivity index (χ3v) is 4.95. The number of aryl methyl sites for hydroxylation is 2. The average Bonchev–Trinajstić information content (AvgIpc) is 3.09. The molecule has 1 aliphatic rings. The van der Waals surface area contributed by atoms with E-state index in [1.807, 2.05) is 53.7 Å². The van der Waals surface area contributed by atoms with Gasteiger partial charge in [-0.25, -0.2) is 20.5 Å². The molecule has 1 aliphatic heterocycles. The fraction of sp³-hybridized carbons (Fsp3) is 0.333. The van der Waals surface area contributed by atoms with Gasteiger partial charge in [-0.05, 0) is 70.4 Å². The van der Waals surface area contributed by atoms with Crippen LogP contribution in [0.15, 0.2) is 35.9 Å². The first-order chi connectivity index (χ1) is 13.2. The van der Waals surface area contributed by atoms with Crippen LogP contribution in [0.4, 0.5) is 0 Å². The Morgan fingerprint density at radius 3 is 2.36 bits per heavy atom. The lowest BCUT2D eigenvalue weighted by Gasteiger charge is -2.21. The van der Waals surface area contributed by atoms with Gasteiger partial charge in [0.05, 0.1) is 7.11 Å². The predicted molar refractivity (Wildman–Crippen MR) is 110 cm³/mol. The van der Waals surface area contributed by atoms with Gasteiger partial charge in [-0.15, -0.1) is 0 Å². The predicted octanol–water partition coefficient (Wildman–Crippen LogP) is 3.82. The highest BCUT2D eigenvalue weighted by atomic mass is 16.5. The van der Waals surface area contributed by atoms with E-state index < -0.39 is 0 Å². The van der Waals surface area contributed by atoms with Gasteiger partial charge in [0.15, 0.2) is 0 Å². The summed E-state index contributed by atoms with van der Waals surface area (Å²) < 4.78 is 13.3. The molecule has 1 aromatic heterocycles. The van der Waals surface area contributed by atoms with E-state index in [4.69, 9.17) is 15.3 Å². The van der Waals surface area contributed by atoms with Crippen LogP contribution in [0.1, 0.15) is 42.2 Å². The van der Waals surface area contributed by atoms with Gasteiger partial charge in [0.2, 0.25) is 5.88 Å². The fourth-order valence-corrected chi connectivity index (χ4v) is 3.46. The van der Waals surface area contributed by atoms with E-state index in [1.54, 1.807) is 16.8 Å². The zero-order valence-corrected chi connectivity index (χ0v) is 17.5. The monoisotopic (exact) mass is 381 g/mol. The fourth-order valence-electron chi connectivity index (χ4n) is 3.46. The van der Waals surface area contributed by atoms with E-state index in [2.05, 4.69) is 16.7 Å². The number of ether oxygens (including phenoxy) is 2. The number of allylic oxidation sites excluding steroid dienone is 3. The van der Waals surface area contributed by atoms with E-state index in [0.29, 0.717) is 23.2 Å². The summed E-state index contributed by atoms with van der Waals surface area (Å²) in [4.78, 5) is 4.39. The van der Waals surface area contributed by atoms with Gasteiger partial charge in [0.25, 0.3) is 0 Å². The van der Waals surface area contributed by atoms with Gasteiger partial charge in [0, 0.05) is 5.56 Å². The standard InChI is InChI=1S/C21H27N5O2/c1-11(2)19(26-16(7)23-15(6)24-26)21-25(22)20(14(5)28-21)17-9-10-18(27-8)13(4)12(17)3/h9-10H,1,22H2,2-8H3/b21-19-. The van der Waals surface area contributed by atoms with Gasteiger partial charge >= 0.3 is 0 Å². The van der Waals surface area contributed by atoms with Crippen LogP contribution in [0.25, 0.3) is 11.4 Å². The summed E-state index contributed by atoms with van der Waals surface area (Å²) in [7, 11) is 1.67. The summed E-state index contributed by atoms with van der Waals surface area (Å²) in [6.07, 6.45) is 0. The Morgan fingerprint density at radius 2 is 1.82 bits per heavy atom. The summed E-state index contributed by atoms with van der Waals surface area (Å²) in [5, 5.41) is 6.04. The average molecular weight is 381 g/mol. The van der Waals surface area contributed by atoms with E-state index in [0.717, 1.165) is 39.5 Å². The minimum atomic E-state index is 0.473. The maximum Gasteiger partial charge on any atom is 0.241 e. The summed E-state index contributed by atoms with van der Waals surface area (Å²) in [5.41, 5.74) is 5.38. The van der Waals surface area contributed by atoms with Gasteiger partial charge in [-0.3, -0.25) is 0 Å². The normalized spacial score (nSPS) is 15.8. The highest BCUT2D eigenvalue weighted by Crippen LogP contribution is 2.39. The summed E-state index contributed by atoms with van der Waals surface area (Å²) >= 11 is 0. The third-order valence-electron chi connectivity index (χ3n) is 4.95. The van der Waals surface area contributed by atoms with Crippen molar-refractivity contribution in [2.45, 2.75) is 41.5 Å². The van der Waals surface area contributed by atoms with Crippen LogP contribution < -0.4 is 10.6 Å². The first kappa shape index (κ1) is 19.7. The molecule has 0 spiro atoms. The lowest BCUT2D eigenvalue weighted by Crippen LogP contribution is -2.28. The number of benzene rings is 1. The molecule has 0 fully saturated rings. The molecule has 2 aromatic rings. The number of hydrazine groups is 1. The molecule has 7 nitrogen and oxygen atoms in total. The molecular formula is C21H27N5O2. The van der Waals surface area contributed by atoms with Crippen LogP contribution in [-0.2, 0) is 4.74 Å². The Labute approximate surface area is 165 Å². The lowest BCUT2D eigenvalue weighted by molar-refractivity contribution is 0.255. The third kappa shape index (κ3) is 3.07. The zero-order valence-electron chi connectivity index (χ0n) is 17.5. The smallest absolute Gasteiger partial charge is 0.241 e. The molecule has 0 saturated heterocycles. The molecule has 0 atom stereocenters. The Bertz CT molecular complexity index is 1030. The van der Waals surface area contributed by atoms with Crippen molar-refractivity contribution in [2.75, 3.05) is 7.11 Å². The summed E-state index contributed by atoms with van der Waals surface area (Å²) in [6.45, 7) is 15.7. The van der Waals surface area contributed by atoms with Crippen LogP contribution in [0.3, 0.4) is 0 Å². The molecule has 0 amide bonds. The largest absolute Gasteiger partial charge is 0.496 e. The van der Waals surface area contributed by atoms with Crippen LogP contribution in [0.5, 0.6) is 5.75 Å². The molecule has 3 rings (SSSR count). The molecule has 148 valence electrons. The number of aromatic nitrogens is 3. The summed E-state index contributed by atoms with van der Waals surface area (Å²) in [5.74, 6) is 9.96. The van der Waals surface area contributed by atoms with Gasteiger partial charge in [0.1, 0.15) is 34.6 Å². The van der Waals surface area contributed by atoms with Crippen molar-refractivity contribution < 1.29 is 9.47 Å². The van der Waals surface area contributed by atoms with Gasteiger partial charge in [-0.2, -0.15) is 5.10 Å². The molecule has 0 radical (unpaired) electrons. The lowest BCUT2D eigenvalue weighted by atomic mass is 9.99. The number of nitrogens with zero attached hydrogens (tertiary/aromatic N) is 4. The number of methoxy groups -OCH3 is 1. The molecule has 2 N–H and O–H groups in total. The number of hydrogen-bond donors (Lipinski definition) is 1. The minimum absolute atomic E-state index is 0.473. The SMILES string of the molecule is C=C(C)/C(=C1/OC(C)=C(c2ccc(OC)c(C)c2C)N1N)n1nc(C)nc1C. The van der Waals surface area contributed by atoms with Crippen molar-refractivity contribution in [1.29, 1.82) is 0 Å². The van der Waals surface area contributed by atoms with E-state index in [9.17, 15) is 0 Å². The molecule has 28 heavy (non-hydrogen) atoms. The topological polar surface area (TPSA) is 78.4 Å². The van der Waals surface area contributed by atoms with Gasteiger partial charge in [-0.1, -0.05) is 6.58 Å². The van der Waals surface area contributed by atoms with Crippen molar-refractivity contribution in [1.82, 2.24) is 19.8 Å². The summed E-state index contributed by atoms with van der Waals surface area (Å²) in [6, 6.07) is 3.94. The second-order valence-electron chi connectivity index (χ2n) is 6.99. The maximum atomic E-state index is 6.53. The van der Waals surface area contributed by atoms with E-state index in [-0.39, 0.29) is 0 Å². The Balaban J connectivity index is 2.16. The number of hydrogen-bond acceptors (Lipinski definition) is 6. The maximum absolute atomic E-state index is 6.53. The zero-order chi connectivity index (χ0) is 20.7. The van der Waals surface area contributed by atoms with Crippen molar-refractivity contribution in [3.8, 4) is 5.75 Å². The second kappa shape index (κ2) is 7.16. The minimum Gasteiger partial charge on any atom is -0.496 e. The van der Waals surface area contributed by atoms with Crippen molar-refractivity contribution in [3.63, 3.8) is 0 Å². The van der Waals surface area contributed by atoms with Crippen LogP contribution in [0, 0.1) is 27.7 Å². The van der Waals surface area contributed by atoms with E-state index >= 15 is 0 Å². The molecule has 0 bridgehead atoms. The van der Waals surface area contributed by atoms with Crippen LogP contribution in [-0.4, -0.2) is 26.9 Å². The molecule has 2 heterocycles. The second-order valence-corrected chi connectivity index (χ2v) is 6.99. The molecule has 0 aliphatic carbocycles. The Morgan fingerprint density at radius 1 is 1.14 bits per heavy atom. The number of rotatable bonds is 4. The molecule has 0 unspecified atom stereocenters. The van der Waals surface area contributed by atoms with Gasteiger partial charge < -0.3 is 9.47 Å². The van der Waals surface area contributed by atoms with E-state index in [1.165, 1.54) is 0 Å². The van der Waals surface area contributed by atoms with Crippen LogP contribution in [0.2, 0.25) is 0 Å². The van der Waals surface area contributed by atoms with Crippen molar-refractivity contribution in [2.24, 2.45) is 5.84 Å². The molecule has 7 heteroatoms. The van der Waals surface area contributed by atoms with Crippen molar-refractivity contribution >= 4 is 11.4 Å². The molecule has 0 saturated carbocycles. The Kier molecular flexibility index (Phi) is 5.04. The van der Waals surface area contributed by atoms with Crippen LogP contribution >= 0.6 is 0 Å². The number of nitrogens with two attached hydrogens (primary N) is 1. The first-order valence-corrected chi connectivity index (χ1v) is 9.06. The first-order valence-electron chi connectivity index (χ1n) is 9.06. The molecular weight excluding hydrogens is 354 g/mol. The quantitative estimate of drug-likeness (QED) is 0.811. The Hall–Kier alpha value is -3.06. The highest BCUT2D eigenvalue weighted by molar-refractivity contribution is 5.76. The highest BCUT2D eigenvalue weighted by Gasteiger charge is 2.32. The van der Waals surface area contributed by atoms with Crippen molar-refractivity contribution in [3.05, 3.63) is 64.3 Å². The molecule has 1 aromatic carbocycles.